The first-order chi connectivity index (χ1) is 34.2. The van der Waals surface area contributed by atoms with Gasteiger partial charge in [0.15, 0.2) is 0 Å². The summed E-state index contributed by atoms with van der Waals surface area (Å²) >= 11 is 0. The lowest BCUT2D eigenvalue weighted by atomic mass is 9.65. The Morgan fingerprint density at radius 2 is 0.586 bits per heavy atom. The van der Waals surface area contributed by atoms with E-state index in [9.17, 15) is 0 Å². The van der Waals surface area contributed by atoms with Crippen molar-refractivity contribution in [2.75, 3.05) is 9.80 Å². The molecule has 0 atom stereocenters. The predicted octanol–water partition coefficient (Wildman–Crippen LogP) is 18.9. The van der Waals surface area contributed by atoms with E-state index < -0.39 is 0 Å². The highest BCUT2D eigenvalue weighted by atomic mass is 15.2. The minimum atomic E-state index is -0.177. The second kappa shape index (κ2) is 16.1. The number of hydrogen-bond donors (Lipinski definition) is 0. The summed E-state index contributed by atoms with van der Waals surface area (Å²) in [4.78, 5) is 4.90. The van der Waals surface area contributed by atoms with Crippen LogP contribution in [-0.2, 0) is 10.8 Å². The third-order valence-corrected chi connectivity index (χ3v) is 15.4. The molecule has 0 saturated carbocycles. The van der Waals surface area contributed by atoms with Gasteiger partial charge in [0.1, 0.15) is 0 Å². The van der Waals surface area contributed by atoms with Gasteiger partial charge in [0.25, 0.3) is 0 Å². The summed E-state index contributed by atoms with van der Waals surface area (Å²) in [5.74, 6) is 0. The fraction of sp³-hybridized carbons (Fsp3) is 0.0882. The highest BCUT2D eigenvalue weighted by Gasteiger charge is 2.45. The number of para-hydroxylation sites is 2. The molecule has 11 aromatic rings. The third kappa shape index (κ3) is 6.78. The molecule has 2 aliphatic rings. The molecule has 0 radical (unpaired) electrons. The van der Waals surface area contributed by atoms with E-state index in [1.54, 1.807) is 0 Å². The maximum absolute atomic E-state index is 2.53. The maximum Gasteiger partial charge on any atom is 0.0544 e. The molecule has 70 heavy (non-hydrogen) atoms. The van der Waals surface area contributed by atoms with Crippen molar-refractivity contribution in [3.8, 4) is 44.5 Å². The van der Waals surface area contributed by atoms with Gasteiger partial charge in [-0.2, -0.15) is 0 Å². The van der Waals surface area contributed by atoms with Crippen LogP contribution in [0, 0.1) is 0 Å². The minimum Gasteiger partial charge on any atom is -0.311 e. The lowest BCUT2D eigenvalue weighted by Gasteiger charge is -2.49. The Kier molecular flexibility index (Phi) is 9.58. The van der Waals surface area contributed by atoms with Gasteiger partial charge in [-0.25, -0.2) is 0 Å². The van der Waals surface area contributed by atoms with E-state index in [1.807, 2.05) is 0 Å². The van der Waals surface area contributed by atoms with Crippen molar-refractivity contribution in [2.24, 2.45) is 0 Å². The van der Waals surface area contributed by atoms with E-state index in [0.717, 1.165) is 17.1 Å². The van der Waals surface area contributed by atoms with Gasteiger partial charge < -0.3 is 9.80 Å². The smallest absolute Gasteiger partial charge is 0.0544 e. The monoisotopic (exact) mass is 896 g/mol. The Labute approximate surface area is 411 Å². The van der Waals surface area contributed by atoms with Crippen LogP contribution in [0.15, 0.2) is 243 Å². The molecule has 334 valence electrons. The number of fused-ring (bicyclic) bond motifs is 6. The summed E-state index contributed by atoms with van der Waals surface area (Å²) in [6, 6.07) is 89.7. The average Bonchev–Trinajstić information content (AvgIpc) is 3.41. The predicted molar refractivity (Wildman–Crippen MR) is 297 cm³/mol. The zero-order valence-electron chi connectivity index (χ0n) is 40.0. The number of nitrogens with zero attached hydrogens (tertiary/aromatic N) is 2. The molecule has 0 fully saturated rings. The van der Waals surface area contributed by atoms with Crippen molar-refractivity contribution < 1.29 is 0 Å². The fourth-order valence-corrected chi connectivity index (χ4v) is 11.5. The second-order valence-corrected chi connectivity index (χ2v) is 20.2. The summed E-state index contributed by atoms with van der Waals surface area (Å²) in [6.45, 7) is 9.58. The van der Waals surface area contributed by atoms with E-state index in [4.69, 9.17) is 0 Å². The summed E-state index contributed by atoms with van der Waals surface area (Å²) in [7, 11) is 0. The van der Waals surface area contributed by atoms with E-state index in [0.29, 0.717) is 0 Å². The van der Waals surface area contributed by atoms with Crippen LogP contribution >= 0.6 is 0 Å². The summed E-state index contributed by atoms with van der Waals surface area (Å²) in [6.07, 6.45) is 0. The second-order valence-electron chi connectivity index (χ2n) is 20.2. The standard InChI is InChI=1S/C68H52N2/c1-67(2)60-17-9-11-19-64(60)70-65-20-12-10-18-61(65)68(3,4)63-44-56(43-62(67)66(63)70)51-23-21-47(22-24-51)48-29-35-57(36-30-48)69(58-37-31-49(32-38-58)54-27-25-45-13-5-7-15-52(45)41-54)59-39-33-50(34-40-59)55-28-26-46-14-6-8-16-53(46)42-55/h5-44H,1-4H3. The zero-order chi connectivity index (χ0) is 47.1. The van der Waals surface area contributed by atoms with Crippen molar-refractivity contribution >= 4 is 55.7 Å². The largest absolute Gasteiger partial charge is 0.311 e. The summed E-state index contributed by atoms with van der Waals surface area (Å²) in [5, 5.41) is 5.00. The maximum atomic E-state index is 2.53. The number of benzene rings is 11. The molecule has 0 saturated heterocycles. The van der Waals surface area contributed by atoms with E-state index in [-0.39, 0.29) is 10.8 Å². The van der Waals surface area contributed by atoms with Gasteiger partial charge in [-0.15, -0.1) is 0 Å². The Morgan fingerprint density at radius 3 is 1.00 bits per heavy atom. The lowest BCUT2D eigenvalue weighted by molar-refractivity contribution is 0.598. The molecule has 0 bridgehead atoms. The highest BCUT2D eigenvalue weighted by molar-refractivity contribution is 5.95. The van der Waals surface area contributed by atoms with Gasteiger partial charge in [0, 0.05) is 27.9 Å². The van der Waals surface area contributed by atoms with Crippen LogP contribution in [0.2, 0.25) is 0 Å². The number of anilines is 6. The van der Waals surface area contributed by atoms with Crippen molar-refractivity contribution in [2.45, 2.75) is 38.5 Å². The summed E-state index contributed by atoms with van der Waals surface area (Å²) in [5.41, 5.74) is 22.0. The molecule has 2 aliphatic heterocycles. The van der Waals surface area contributed by atoms with Crippen LogP contribution in [0.25, 0.3) is 66.1 Å². The highest BCUT2D eigenvalue weighted by Crippen LogP contribution is 2.60. The Balaban J connectivity index is 0.842. The van der Waals surface area contributed by atoms with Crippen molar-refractivity contribution in [1.82, 2.24) is 0 Å². The fourth-order valence-electron chi connectivity index (χ4n) is 11.5. The first kappa shape index (κ1) is 41.7. The van der Waals surface area contributed by atoms with Crippen LogP contribution in [-0.4, -0.2) is 0 Å². The van der Waals surface area contributed by atoms with Gasteiger partial charge >= 0.3 is 0 Å². The first-order valence-corrected chi connectivity index (χ1v) is 24.6. The van der Waals surface area contributed by atoms with Crippen LogP contribution in [0.1, 0.15) is 49.9 Å². The molecule has 0 aromatic heterocycles. The SMILES string of the molecule is CC1(C)c2ccccc2N2c3ccccc3C(C)(C)c3cc(-c4ccc(-c5ccc(N(c6ccc(-c7ccc8ccccc8c7)cc6)c6ccc(-c7ccc8ccccc8c7)cc6)cc5)cc4)cc1c32. The van der Waals surface area contributed by atoms with E-state index in [1.165, 1.54) is 105 Å². The molecular formula is C68H52N2. The molecule has 2 heterocycles. The lowest BCUT2D eigenvalue weighted by Crippen LogP contribution is -2.38. The molecule has 0 spiro atoms. The molecule has 13 rings (SSSR count). The van der Waals surface area contributed by atoms with Crippen LogP contribution in [0.3, 0.4) is 0 Å². The molecule has 0 aliphatic carbocycles. The summed E-state index contributed by atoms with van der Waals surface area (Å²) < 4.78 is 0. The molecular weight excluding hydrogens is 845 g/mol. The molecule has 0 unspecified atom stereocenters. The van der Waals surface area contributed by atoms with Crippen LogP contribution < -0.4 is 9.80 Å². The first-order valence-electron chi connectivity index (χ1n) is 24.6. The Morgan fingerprint density at radius 1 is 0.271 bits per heavy atom. The van der Waals surface area contributed by atoms with E-state index >= 15 is 0 Å². The van der Waals surface area contributed by atoms with E-state index in [2.05, 4.69) is 280 Å². The Hall–Kier alpha value is -8.46. The van der Waals surface area contributed by atoms with Gasteiger partial charge in [-0.05, 0) is 161 Å². The minimum absolute atomic E-state index is 0.177. The van der Waals surface area contributed by atoms with Crippen molar-refractivity contribution in [3.05, 3.63) is 265 Å². The van der Waals surface area contributed by atoms with Gasteiger partial charge in [0.2, 0.25) is 0 Å². The van der Waals surface area contributed by atoms with Crippen molar-refractivity contribution in [3.63, 3.8) is 0 Å². The van der Waals surface area contributed by atoms with Gasteiger partial charge in [-0.1, -0.05) is 198 Å². The van der Waals surface area contributed by atoms with Gasteiger partial charge in [0.05, 0.1) is 17.1 Å². The quantitative estimate of drug-likeness (QED) is 0.157. The molecule has 2 heteroatoms. The zero-order valence-corrected chi connectivity index (χ0v) is 40.0. The topological polar surface area (TPSA) is 6.48 Å². The van der Waals surface area contributed by atoms with Crippen LogP contribution in [0.5, 0.6) is 0 Å². The van der Waals surface area contributed by atoms with Gasteiger partial charge in [-0.3, -0.25) is 0 Å². The third-order valence-electron chi connectivity index (χ3n) is 15.4. The molecule has 11 aromatic carbocycles. The Bertz CT molecular complexity index is 3600. The molecule has 0 amide bonds. The molecule has 2 nitrogen and oxygen atoms in total. The normalized spacial score (nSPS) is 13.9. The number of rotatable bonds is 7. The molecule has 0 N–H and O–H groups in total. The average molecular weight is 897 g/mol. The number of hydrogen-bond acceptors (Lipinski definition) is 2. The van der Waals surface area contributed by atoms with Crippen LogP contribution in [0.4, 0.5) is 34.1 Å². The van der Waals surface area contributed by atoms with Crippen molar-refractivity contribution in [1.29, 1.82) is 0 Å².